The lowest BCUT2D eigenvalue weighted by molar-refractivity contribution is 0.477. The molecule has 9 aromatic carbocycles. The Morgan fingerprint density at radius 2 is 0.914 bits per heavy atom. The molecule has 0 atom stereocenters. The Labute approximate surface area is 340 Å². The van der Waals surface area contributed by atoms with Crippen LogP contribution < -0.4 is 9.80 Å². The van der Waals surface area contributed by atoms with Gasteiger partial charge in [-0.15, -0.1) is 0 Å². The summed E-state index contributed by atoms with van der Waals surface area (Å²) >= 11 is 0. The quantitative estimate of drug-likeness (QED) is 0.176. The van der Waals surface area contributed by atoms with E-state index in [4.69, 9.17) is 0 Å². The van der Waals surface area contributed by atoms with Gasteiger partial charge in [0.15, 0.2) is 0 Å². The first-order valence-corrected chi connectivity index (χ1v) is 20.1. The number of para-hydroxylation sites is 2. The average molecular weight is 749 g/mol. The lowest BCUT2D eigenvalue weighted by Crippen LogP contribution is -2.16. The third-order valence-corrected chi connectivity index (χ3v) is 12.2. The Balaban J connectivity index is 1.11. The minimum Gasteiger partial charge on any atom is -0.507 e. The maximum absolute atomic E-state index is 12.1. The smallest absolute Gasteiger partial charge is 0.125 e. The minimum absolute atomic E-state index is 0.149. The molecule has 0 unspecified atom stereocenters. The van der Waals surface area contributed by atoms with E-state index >= 15 is 0 Å². The number of aryl methyl sites for hydroxylation is 2. The number of aromatic hydroxyl groups is 1. The fourth-order valence-corrected chi connectivity index (χ4v) is 9.21. The highest BCUT2D eigenvalue weighted by Gasteiger charge is 2.36. The Bertz CT molecular complexity index is 3000. The van der Waals surface area contributed by atoms with Crippen LogP contribution in [0.1, 0.15) is 36.1 Å². The number of anilines is 6. The summed E-state index contributed by atoms with van der Waals surface area (Å²) in [6.07, 6.45) is 0. The van der Waals surface area contributed by atoms with Crippen LogP contribution in [-0.2, 0) is 5.41 Å². The second kappa shape index (κ2) is 13.8. The summed E-state index contributed by atoms with van der Waals surface area (Å²) in [7, 11) is 0. The summed E-state index contributed by atoms with van der Waals surface area (Å²) in [6.45, 7) is 8.97. The standard InChI is InChI=1S/C55H44N2O/c1-36-15-5-13-23-51(36)57(52-24-14-6-16-37(52)2)53-32-31-44(43-19-9-10-21-47(43)53)48-30-28-42(35-54(48)58)56(40-26-25-38-17-7-8-18-39(38)33-40)41-27-29-46-45-20-11-12-22-49(45)55(3,4)50(46)34-41/h5-35,58H,1-4H3. The Morgan fingerprint density at radius 1 is 0.379 bits per heavy atom. The van der Waals surface area contributed by atoms with Crippen molar-refractivity contribution < 1.29 is 5.11 Å². The van der Waals surface area contributed by atoms with Crippen LogP contribution in [0.25, 0.3) is 43.8 Å². The van der Waals surface area contributed by atoms with Gasteiger partial charge in [-0.05, 0) is 124 Å². The number of phenolic OH excluding ortho intramolecular Hbond substituents is 1. The van der Waals surface area contributed by atoms with Crippen LogP contribution in [0.15, 0.2) is 188 Å². The summed E-state index contributed by atoms with van der Waals surface area (Å²) in [5.41, 5.74) is 15.5. The average Bonchev–Trinajstić information content (AvgIpc) is 3.48. The number of hydrogen-bond donors (Lipinski definition) is 1. The Hall–Kier alpha value is -7.10. The molecule has 1 aliphatic carbocycles. The maximum Gasteiger partial charge on any atom is 0.125 e. The van der Waals surface area contributed by atoms with Crippen molar-refractivity contribution in [1.82, 2.24) is 0 Å². The van der Waals surface area contributed by atoms with Crippen LogP contribution in [0, 0.1) is 13.8 Å². The number of rotatable bonds is 7. The molecule has 3 heteroatoms. The highest BCUT2D eigenvalue weighted by Crippen LogP contribution is 2.51. The van der Waals surface area contributed by atoms with E-state index in [0.717, 1.165) is 61.4 Å². The van der Waals surface area contributed by atoms with E-state index in [1.54, 1.807) is 0 Å². The highest BCUT2D eigenvalue weighted by atomic mass is 16.3. The maximum atomic E-state index is 12.1. The van der Waals surface area contributed by atoms with Crippen molar-refractivity contribution in [2.75, 3.05) is 9.80 Å². The van der Waals surface area contributed by atoms with Crippen molar-refractivity contribution in [3.05, 3.63) is 210 Å². The number of nitrogens with zero attached hydrogens (tertiary/aromatic N) is 2. The second-order valence-electron chi connectivity index (χ2n) is 16.1. The number of hydrogen-bond acceptors (Lipinski definition) is 3. The molecule has 0 saturated heterocycles. The van der Waals surface area contributed by atoms with Crippen molar-refractivity contribution in [1.29, 1.82) is 0 Å². The van der Waals surface area contributed by atoms with Gasteiger partial charge in [0, 0.05) is 50.9 Å². The number of phenols is 1. The van der Waals surface area contributed by atoms with E-state index < -0.39 is 0 Å². The van der Waals surface area contributed by atoms with E-state index in [1.807, 2.05) is 6.07 Å². The Kier molecular flexibility index (Phi) is 8.42. The van der Waals surface area contributed by atoms with Gasteiger partial charge in [0.2, 0.25) is 0 Å². The molecule has 1 aliphatic rings. The van der Waals surface area contributed by atoms with Gasteiger partial charge in [-0.3, -0.25) is 0 Å². The van der Waals surface area contributed by atoms with Gasteiger partial charge in [-0.2, -0.15) is 0 Å². The molecular formula is C55H44N2O. The number of fused-ring (bicyclic) bond motifs is 5. The van der Waals surface area contributed by atoms with Gasteiger partial charge in [-0.1, -0.05) is 141 Å². The first-order chi connectivity index (χ1) is 28.3. The Morgan fingerprint density at radius 3 is 1.64 bits per heavy atom. The van der Waals surface area contributed by atoms with Crippen molar-refractivity contribution >= 4 is 55.7 Å². The van der Waals surface area contributed by atoms with Crippen LogP contribution in [0.4, 0.5) is 34.1 Å². The molecule has 0 aromatic heterocycles. The summed E-state index contributed by atoms with van der Waals surface area (Å²) in [4.78, 5) is 4.65. The van der Waals surface area contributed by atoms with Crippen molar-refractivity contribution in [3.63, 3.8) is 0 Å². The van der Waals surface area contributed by atoms with Gasteiger partial charge in [0.05, 0.1) is 5.69 Å². The number of benzene rings is 9. The van der Waals surface area contributed by atoms with E-state index in [-0.39, 0.29) is 11.2 Å². The summed E-state index contributed by atoms with van der Waals surface area (Å²) in [5.74, 6) is 0.227. The lowest BCUT2D eigenvalue weighted by atomic mass is 9.82. The molecule has 280 valence electrons. The molecule has 0 fully saturated rings. The highest BCUT2D eigenvalue weighted by molar-refractivity contribution is 6.07. The summed E-state index contributed by atoms with van der Waals surface area (Å²) in [5, 5.41) is 16.7. The summed E-state index contributed by atoms with van der Waals surface area (Å²) < 4.78 is 0. The van der Waals surface area contributed by atoms with Crippen molar-refractivity contribution in [3.8, 4) is 28.0 Å². The SMILES string of the molecule is Cc1ccccc1N(c1ccccc1C)c1ccc(-c2ccc(N(c3ccc4c(c3)C(C)(C)c3ccccc3-4)c3ccc4ccccc4c3)cc2O)c2ccccc12. The molecule has 1 N–H and O–H groups in total. The van der Waals surface area contributed by atoms with Crippen LogP contribution in [-0.4, -0.2) is 5.11 Å². The van der Waals surface area contributed by atoms with Gasteiger partial charge < -0.3 is 14.9 Å². The monoisotopic (exact) mass is 748 g/mol. The van der Waals surface area contributed by atoms with Gasteiger partial charge >= 0.3 is 0 Å². The molecule has 9 aromatic rings. The van der Waals surface area contributed by atoms with E-state index in [9.17, 15) is 5.11 Å². The first-order valence-electron chi connectivity index (χ1n) is 20.1. The molecule has 0 saturated carbocycles. The molecule has 58 heavy (non-hydrogen) atoms. The van der Waals surface area contributed by atoms with Crippen molar-refractivity contribution in [2.45, 2.75) is 33.1 Å². The predicted octanol–water partition coefficient (Wildman–Crippen LogP) is 15.2. The fraction of sp³-hybridized carbons (Fsp3) is 0.0909. The zero-order chi connectivity index (χ0) is 39.5. The zero-order valence-corrected chi connectivity index (χ0v) is 33.2. The molecule has 3 nitrogen and oxygen atoms in total. The molecule has 0 heterocycles. The molecule has 0 bridgehead atoms. The summed E-state index contributed by atoms with van der Waals surface area (Å²) in [6, 6.07) is 66.9. The molecule has 0 amide bonds. The van der Waals surface area contributed by atoms with Gasteiger partial charge in [0.25, 0.3) is 0 Å². The lowest BCUT2D eigenvalue weighted by Gasteiger charge is -2.30. The van der Waals surface area contributed by atoms with Crippen molar-refractivity contribution in [2.24, 2.45) is 0 Å². The first kappa shape index (κ1) is 35.3. The fourth-order valence-electron chi connectivity index (χ4n) is 9.21. The van der Waals surface area contributed by atoms with Crippen LogP contribution in [0.2, 0.25) is 0 Å². The van der Waals surface area contributed by atoms with Crippen LogP contribution >= 0.6 is 0 Å². The van der Waals surface area contributed by atoms with Gasteiger partial charge in [0.1, 0.15) is 5.75 Å². The third-order valence-electron chi connectivity index (χ3n) is 12.2. The predicted molar refractivity (Wildman–Crippen MR) is 245 cm³/mol. The minimum atomic E-state index is -0.149. The third kappa shape index (κ3) is 5.73. The molecule has 0 aliphatic heterocycles. The van der Waals surface area contributed by atoms with Gasteiger partial charge in [-0.25, -0.2) is 0 Å². The normalized spacial score (nSPS) is 12.7. The van der Waals surface area contributed by atoms with E-state index in [1.165, 1.54) is 38.8 Å². The molecular weight excluding hydrogens is 705 g/mol. The molecule has 0 spiro atoms. The van der Waals surface area contributed by atoms with Crippen LogP contribution in [0.3, 0.4) is 0 Å². The molecule has 0 radical (unpaired) electrons. The second-order valence-corrected chi connectivity index (χ2v) is 16.1. The topological polar surface area (TPSA) is 26.7 Å². The van der Waals surface area contributed by atoms with Crippen LogP contribution in [0.5, 0.6) is 5.75 Å². The van der Waals surface area contributed by atoms with E-state index in [0.29, 0.717) is 0 Å². The molecule has 10 rings (SSSR count). The largest absolute Gasteiger partial charge is 0.507 e. The zero-order valence-electron chi connectivity index (χ0n) is 33.2. The van der Waals surface area contributed by atoms with E-state index in [2.05, 4.69) is 219 Å².